The highest BCUT2D eigenvalue weighted by Gasteiger charge is 2.39. The Labute approximate surface area is 124 Å². The lowest BCUT2D eigenvalue weighted by Crippen LogP contribution is -2.32. The topological polar surface area (TPSA) is 0 Å². The third-order valence-corrected chi connectivity index (χ3v) is 6.46. The maximum absolute atomic E-state index is 13.5. The van der Waals surface area contributed by atoms with Crippen LogP contribution in [0.25, 0.3) is 0 Å². The molecular weight excluding hydrogens is 310 g/mol. The Morgan fingerprint density at radius 2 is 1.95 bits per heavy atom. The molecule has 0 aliphatic heterocycles. The third-order valence-electron chi connectivity index (χ3n) is 5.25. The predicted octanol–water partition coefficient (Wildman–Crippen LogP) is 6.04. The summed E-state index contributed by atoms with van der Waals surface area (Å²) in [4.78, 5) is 0.554. The zero-order valence-corrected chi connectivity index (χ0v) is 13.8. The lowest BCUT2D eigenvalue weighted by molar-refractivity contribution is -0.0567. The minimum Gasteiger partial charge on any atom is -0.207 e. The second kappa shape index (κ2) is 6.41. The Bertz CT molecular complexity index is 290. The molecule has 0 N–H and O–H groups in total. The quantitative estimate of drug-likeness (QED) is 0.551. The number of rotatable bonds is 3. The Balaban J connectivity index is 1.89. The van der Waals surface area contributed by atoms with E-state index < -0.39 is 5.92 Å². The molecule has 0 bridgehead atoms. The first-order valence-electron chi connectivity index (χ1n) is 7.89. The average Bonchev–Trinajstić information content (AvgIpc) is 2.30. The molecule has 3 heteroatoms. The third kappa shape index (κ3) is 4.41. The molecule has 2 aliphatic carbocycles. The van der Waals surface area contributed by atoms with Crippen LogP contribution in [0.15, 0.2) is 0 Å². The summed E-state index contributed by atoms with van der Waals surface area (Å²) in [5.41, 5.74) is 0. The van der Waals surface area contributed by atoms with Crippen LogP contribution in [0.4, 0.5) is 8.78 Å². The molecule has 2 aliphatic rings. The van der Waals surface area contributed by atoms with Gasteiger partial charge in [0.05, 0.1) is 0 Å². The number of alkyl halides is 3. The molecule has 2 fully saturated rings. The van der Waals surface area contributed by atoms with E-state index in [4.69, 9.17) is 0 Å². The van der Waals surface area contributed by atoms with E-state index >= 15 is 0 Å². The fraction of sp³-hybridized carbons (Fsp3) is 1.00. The van der Waals surface area contributed by atoms with Gasteiger partial charge in [-0.1, -0.05) is 36.2 Å². The van der Waals surface area contributed by atoms with Gasteiger partial charge in [-0.3, -0.25) is 0 Å². The van der Waals surface area contributed by atoms with Gasteiger partial charge in [0.1, 0.15) is 0 Å². The molecule has 0 spiro atoms. The molecule has 19 heavy (non-hydrogen) atoms. The molecule has 0 aromatic rings. The normalized spacial score (nSPS) is 39.5. The highest BCUT2D eigenvalue weighted by atomic mass is 79.9. The lowest BCUT2D eigenvalue weighted by Gasteiger charge is -2.38. The van der Waals surface area contributed by atoms with Gasteiger partial charge in [-0.15, -0.1) is 0 Å². The standard InChI is InChI=1S/C16H27BrF2/c1-11(2)13-5-6-15(17)14(9-13)8-12-4-3-7-16(18,19)10-12/h11-15H,3-10H2,1-2H3. The fourth-order valence-electron chi connectivity index (χ4n) is 4.02. The van der Waals surface area contributed by atoms with Crippen molar-refractivity contribution in [2.24, 2.45) is 23.7 Å². The summed E-state index contributed by atoms with van der Waals surface area (Å²) in [5, 5.41) is 0. The first-order valence-corrected chi connectivity index (χ1v) is 8.81. The van der Waals surface area contributed by atoms with Crippen LogP contribution in [0.3, 0.4) is 0 Å². The van der Waals surface area contributed by atoms with Crippen molar-refractivity contribution in [3.8, 4) is 0 Å². The van der Waals surface area contributed by atoms with Gasteiger partial charge in [0.2, 0.25) is 5.92 Å². The van der Waals surface area contributed by atoms with Gasteiger partial charge in [0.25, 0.3) is 0 Å². The van der Waals surface area contributed by atoms with E-state index in [0.29, 0.717) is 17.2 Å². The van der Waals surface area contributed by atoms with Crippen LogP contribution in [0.5, 0.6) is 0 Å². The maximum Gasteiger partial charge on any atom is 0.248 e. The predicted molar refractivity (Wildman–Crippen MR) is 79.9 cm³/mol. The Morgan fingerprint density at radius 1 is 1.21 bits per heavy atom. The van der Waals surface area contributed by atoms with E-state index in [0.717, 1.165) is 24.7 Å². The minimum atomic E-state index is -2.39. The van der Waals surface area contributed by atoms with Crippen LogP contribution in [-0.4, -0.2) is 10.7 Å². The molecule has 0 heterocycles. The molecule has 2 rings (SSSR count). The number of hydrogen-bond acceptors (Lipinski definition) is 0. The van der Waals surface area contributed by atoms with Gasteiger partial charge in [-0.2, -0.15) is 0 Å². The number of hydrogen-bond donors (Lipinski definition) is 0. The fourth-order valence-corrected chi connectivity index (χ4v) is 4.71. The maximum atomic E-state index is 13.5. The molecule has 112 valence electrons. The van der Waals surface area contributed by atoms with Crippen molar-refractivity contribution in [2.75, 3.05) is 0 Å². The smallest absolute Gasteiger partial charge is 0.207 e. The van der Waals surface area contributed by atoms with Gasteiger partial charge in [0, 0.05) is 17.7 Å². The average molecular weight is 337 g/mol. The molecule has 0 aromatic heterocycles. The molecule has 4 atom stereocenters. The molecular formula is C16H27BrF2. The molecule has 0 nitrogen and oxygen atoms in total. The van der Waals surface area contributed by atoms with Crippen molar-refractivity contribution < 1.29 is 8.78 Å². The second-order valence-electron chi connectivity index (χ2n) is 7.15. The Hall–Kier alpha value is 0.340. The summed E-state index contributed by atoms with van der Waals surface area (Å²) in [6, 6.07) is 0. The summed E-state index contributed by atoms with van der Waals surface area (Å²) >= 11 is 3.80. The first kappa shape index (κ1) is 15.7. The van der Waals surface area contributed by atoms with E-state index in [-0.39, 0.29) is 18.8 Å². The van der Waals surface area contributed by atoms with E-state index in [2.05, 4.69) is 29.8 Å². The monoisotopic (exact) mass is 336 g/mol. The Kier molecular flexibility index (Phi) is 5.30. The molecule has 2 saturated carbocycles. The first-order chi connectivity index (χ1) is 8.87. The van der Waals surface area contributed by atoms with Gasteiger partial charge < -0.3 is 0 Å². The minimum absolute atomic E-state index is 0.112. The van der Waals surface area contributed by atoms with Crippen LogP contribution in [0.2, 0.25) is 0 Å². The summed E-state index contributed by atoms with van der Waals surface area (Å²) in [7, 11) is 0. The largest absolute Gasteiger partial charge is 0.248 e. The van der Waals surface area contributed by atoms with Gasteiger partial charge >= 0.3 is 0 Å². The van der Waals surface area contributed by atoms with E-state index in [9.17, 15) is 8.78 Å². The van der Waals surface area contributed by atoms with Crippen molar-refractivity contribution in [3.05, 3.63) is 0 Å². The molecule has 4 unspecified atom stereocenters. The zero-order chi connectivity index (χ0) is 14.0. The van der Waals surface area contributed by atoms with E-state index in [1.165, 1.54) is 19.3 Å². The molecule has 0 aromatic carbocycles. The summed E-state index contributed by atoms with van der Waals surface area (Å²) in [5.74, 6) is -0.00502. The van der Waals surface area contributed by atoms with Crippen molar-refractivity contribution in [2.45, 2.75) is 76.0 Å². The van der Waals surface area contributed by atoms with Crippen molar-refractivity contribution >= 4 is 15.9 Å². The van der Waals surface area contributed by atoms with Gasteiger partial charge in [0.15, 0.2) is 0 Å². The van der Waals surface area contributed by atoms with Crippen LogP contribution in [0, 0.1) is 23.7 Å². The number of halogens is 3. The lowest BCUT2D eigenvalue weighted by atomic mass is 9.71. The van der Waals surface area contributed by atoms with E-state index in [1.54, 1.807) is 0 Å². The summed E-state index contributed by atoms with van der Waals surface area (Å²) in [6.07, 6.45) is 6.73. The second-order valence-corrected chi connectivity index (χ2v) is 8.32. The molecule has 0 amide bonds. The van der Waals surface area contributed by atoms with Crippen molar-refractivity contribution in [1.82, 2.24) is 0 Å². The highest BCUT2D eigenvalue weighted by molar-refractivity contribution is 9.09. The highest BCUT2D eigenvalue weighted by Crippen LogP contribution is 2.44. The van der Waals surface area contributed by atoms with Crippen molar-refractivity contribution in [1.29, 1.82) is 0 Å². The van der Waals surface area contributed by atoms with Gasteiger partial charge in [-0.25, -0.2) is 8.78 Å². The summed E-state index contributed by atoms with van der Waals surface area (Å²) < 4.78 is 27.0. The van der Waals surface area contributed by atoms with Crippen LogP contribution in [0.1, 0.15) is 65.2 Å². The molecule has 0 radical (unpaired) electrons. The SMILES string of the molecule is CC(C)C1CCC(Br)C(CC2CCCC(F)(F)C2)C1. The van der Waals surface area contributed by atoms with Gasteiger partial charge in [-0.05, 0) is 55.8 Å². The summed E-state index contributed by atoms with van der Waals surface area (Å²) in [6.45, 7) is 4.59. The van der Waals surface area contributed by atoms with Crippen LogP contribution < -0.4 is 0 Å². The van der Waals surface area contributed by atoms with E-state index in [1.807, 2.05) is 0 Å². The zero-order valence-electron chi connectivity index (χ0n) is 12.2. The Morgan fingerprint density at radius 3 is 2.58 bits per heavy atom. The molecule has 0 saturated heterocycles. The van der Waals surface area contributed by atoms with Crippen LogP contribution >= 0.6 is 15.9 Å². The van der Waals surface area contributed by atoms with Crippen LogP contribution in [-0.2, 0) is 0 Å². The van der Waals surface area contributed by atoms with Crippen molar-refractivity contribution in [3.63, 3.8) is 0 Å².